The van der Waals surface area contributed by atoms with Crippen molar-refractivity contribution in [1.29, 1.82) is 0 Å². The van der Waals surface area contributed by atoms with Crippen molar-refractivity contribution in [3.8, 4) is 0 Å². The van der Waals surface area contributed by atoms with Crippen molar-refractivity contribution in [1.82, 2.24) is 0 Å². The standard InChI is InChI=1S/Al.Ca.Fe.Mg.Na.H4O4Si.Ti.8H/c;;;;;1-5(2,3)4;;;;;;;;;/h;;;;;1-4H;;;;;;;;;/q;+2;;+2;+1;;;;;;5*-1. The van der Waals surface area contributed by atoms with Crippen molar-refractivity contribution in [3.63, 3.8) is 0 Å². The van der Waals surface area contributed by atoms with Gasteiger partial charge < -0.3 is 26.3 Å². The zero-order chi connectivity index (χ0) is 4.50. The van der Waals surface area contributed by atoms with E-state index in [1.165, 1.54) is 0 Å². The number of rotatable bonds is 0. The molecule has 0 amide bonds. The molecule has 0 saturated carbocycles. The minimum absolute atomic E-state index is 0. The first kappa shape index (κ1) is 44.6. The fourth-order valence-electron chi connectivity index (χ4n) is 0. The summed E-state index contributed by atoms with van der Waals surface area (Å²) in [6.07, 6.45) is 0. The summed E-state index contributed by atoms with van der Waals surface area (Å²) >= 11 is 0. The molecule has 0 bridgehead atoms. The molecular formula is H12AlCaFeMgNaO4SiTi. The number of hydrogen-bond donors (Lipinski definition) is 4. The Kier molecular flexibility index (Phi) is 98.2. The van der Waals surface area contributed by atoms with E-state index in [4.69, 9.17) is 19.2 Å². The molecule has 0 aromatic carbocycles. The predicted octanol–water partition coefficient (Wildman–Crippen LogP) is -6.99. The summed E-state index contributed by atoms with van der Waals surface area (Å²) in [7, 11) is -4.61. The molecule has 0 atom stereocenters. The molecule has 4 nitrogen and oxygen atoms in total. The molecule has 0 aliphatic heterocycles. The monoisotopic (exact) mass is 322 g/mol. The van der Waals surface area contributed by atoms with Gasteiger partial charge >= 0.3 is 99.4 Å². The van der Waals surface area contributed by atoms with Gasteiger partial charge in [0.05, 0.1) is 0 Å². The van der Waals surface area contributed by atoms with Gasteiger partial charge in [-0.05, 0) is 0 Å². The maximum Gasteiger partial charge on any atom is 2.00 e. The van der Waals surface area contributed by atoms with Gasteiger partial charge in [0.15, 0.2) is 17.4 Å². The summed E-state index contributed by atoms with van der Waals surface area (Å²) in [5, 5.41) is 0. The van der Waals surface area contributed by atoms with Crippen LogP contribution in [0, 0.1) is 0 Å². The van der Waals surface area contributed by atoms with Crippen LogP contribution in [-0.4, -0.2) is 106 Å². The molecule has 0 aliphatic carbocycles. The molecular weight excluding hydrogens is 310 g/mol. The minimum Gasteiger partial charge on any atom is -1.00 e. The summed E-state index contributed by atoms with van der Waals surface area (Å²) in [6.45, 7) is 0. The molecule has 0 radical (unpaired) electrons. The summed E-state index contributed by atoms with van der Waals surface area (Å²) in [5.74, 6) is 0. The van der Waals surface area contributed by atoms with Gasteiger partial charge in [-0.25, -0.2) is 0 Å². The Hall–Kier alpha value is 4.85. The first-order chi connectivity index (χ1) is 2.00. The van der Waals surface area contributed by atoms with Gasteiger partial charge in [-0.1, -0.05) is 0 Å². The molecule has 60 valence electrons. The first-order valence-electron chi connectivity index (χ1n) is 0.894. The molecule has 0 saturated heterocycles. The zero-order valence-corrected chi connectivity index (χ0v) is 14.8. The molecule has 0 heterocycles. The Morgan fingerprint density at radius 1 is 1.00 bits per heavy atom. The Morgan fingerprint density at radius 3 is 1.00 bits per heavy atom. The van der Waals surface area contributed by atoms with Crippen molar-refractivity contribution in [2.45, 2.75) is 0 Å². The topological polar surface area (TPSA) is 80.9 Å². The van der Waals surface area contributed by atoms with E-state index in [0.717, 1.165) is 0 Å². The summed E-state index contributed by atoms with van der Waals surface area (Å²) in [5.41, 5.74) is 0. The van der Waals surface area contributed by atoms with E-state index in [2.05, 4.69) is 0 Å². The summed E-state index contributed by atoms with van der Waals surface area (Å²) in [4.78, 5) is 29.3. The maximum atomic E-state index is 7.33. The minimum atomic E-state index is -4.61. The molecule has 0 aromatic rings. The SMILES string of the molecule is O[Si](O)(O)O.[AlH3].[Ca+2].[Fe].[H-].[H-].[H-].[H-].[H-].[Mg+2].[Na+].[Ti]. The second-order valence-electron chi connectivity index (χ2n) is 0.600. The average Bonchev–Trinajstić information content (AvgIpc) is 0.722. The van der Waals surface area contributed by atoms with Crippen LogP contribution in [0.5, 0.6) is 0 Å². The van der Waals surface area contributed by atoms with E-state index in [9.17, 15) is 0 Å². The molecule has 0 aliphatic rings. The van der Waals surface area contributed by atoms with Gasteiger partial charge in [-0.2, -0.15) is 0 Å². The Bertz CT molecular complexity index is 59.9. The van der Waals surface area contributed by atoms with E-state index in [1.807, 2.05) is 0 Å². The van der Waals surface area contributed by atoms with Crippen LogP contribution in [0.3, 0.4) is 0 Å². The van der Waals surface area contributed by atoms with Crippen LogP contribution in [0.15, 0.2) is 0 Å². The molecule has 4 N–H and O–H groups in total. The van der Waals surface area contributed by atoms with Crippen LogP contribution < -0.4 is 29.6 Å². The van der Waals surface area contributed by atoms with Gasteiger partial charge in [-0.15, -0.1) is 0 Å². The second kappa shape index (κ2) is 24.2. The second-order valence-corrected chi connectivity index (χ2v) is 1.80. The van der Waals surface area contributed by atoms with E-state index in [1.54, 1.807) is 0 Å². The largest absolute Gasteiger partial charge is 2.00 e. The molecule has 0 unspecified atom stereocenters. The molecule has 0 spiro atoms. The quantitative estimate of drug-likeness (QED) is 0.334. The molecule has 0 aromatic heterocycles. The molecule has 11 heteroatoms. The van der Waals surface area contributed by atoms with E-state index in [0.29, 0.717) is 0 Å². The molecule has 0 fully saturated rings. The third-order valence-electron chi connectivity index (χ3n) is 0. The van der Waals surface area contributed by atoms with E-state index in [-0.39, 0.29) is 154 Å². The van der Waals surface area contributed by atoms with Gasteiger partial charge in [0, 0.05) is 38.8 Å². The number of hydrogen-bond acceptors (Lipinski definition) is 4. The van der Waals surface area contributed by atoms with Crippen LogP contribution in [0.25, 0.3) is 0 Å². The van der Waals surface area contributed by atoms with E-state index >= 15 is 0 Å². The van der Waals surface area contributed by atoms with Crippen molar-refractivity contribution in [2.75, 3.05) is 0 Å². The van der Waals surface area contributed by atoms with Crippen LogP contribution >= 0.6 is 0 Å². The van der Waals surface area contributed by atoms with Gasteiger partial charge in [0.1, 0.15) is 0 Å². The normalized spacial score (nSPS) is 5.45. The Balaban J connectivity index is -0.00000000145. The summed E-state index contributed by atoms with van der Waals surface area (Å²) in [6, 6.07) is 0. The average molecular weight is 322 g/mol. The van der Waals surface area contributed by atoms with Crippen LogP contribution in [0.1, 0.15) is 7.13 Å². The third kappa shape index (κ3) is 104. The fourth-order valence-corrected chi connectivity index (χ4v) is 0. The Labute approximate surface area is 178 Å². The summed E-state index contributed by atoms with van der Waals surface area (Å²) < 4.78 is 0. The van der Waals surface area contributed by atoms with Gasteiger partial charge in [0.2, 0.25) is 0 Å². The first-order valence-corrected chi connectivity index (χ1v) is 2.68. The van der Waals surface area contributed by atoms with Crippen molar-refractivity contribution < 1.29 is 94.7 Å². The van der Waals surface area contributed by atoms with Gasteiger partial charge in [0.25, 0.3) is 0 Å². The Morgan fingerprint density at radius 2 is 1.00 bits per heavy atom. The smallest absolute Gasteiger partial charge is 1.00 e. The predicted molar refractivity (Wildman–Crippen MR) is 41.6 cm³/mol. The molecule has 11 heavy (non-hydrogen) atoms. The maximum absolute atomic E-state index is 7.33. The third-order valence-corrected chi connectivity index (χ3v) is 0. The van der Waals surface area contributed by atoms with Crippen molar-refractivity contribution >= 4 is 87.2 Å². The van der Waals surface area contributed by atoms with Crippen LogP contribution in [0.2, 0.25) is 0 Å². The van der Waals surface area contributed by atoms with Crippen molar-refractivity contribution in [3.05, 3.63) is 0 Å². The van der Waals surface area contributed by atoms with Crippen LogP contribution in [0.4, 0.5) is 0 Å². The van der Waals surface area contributed by atoms with Gasteiger partial charge in [-0.3, -0.25) is 0 Å². The fraction of sp³-hybridized carbons (Fsp3) is 0. The van der Waals surface area contributed by atoms with Crippen LogP contribution in [-0.2, 0) is 38.8 Å². The molecule has 0 rings (SSSR count). The zero-order valence-electron chi connectivity index (χ0n) is 10.6. The van der Waals surface area contributed by atoms with E-state index < -0.39 is 9.05 Å². The van der Waals surface area contributed by atoms with Crippen molar-refractivity contribution in [2.24, 2.45) is 0 Å².